The average Bonchev–Trinajstić information content (AvgIpc) is 2.38. The maximum Gasteiger partial charge on any atom is 0.417 e. The van der Waals surface area contributed by atoms with Gasteiger partial charge in [0.25, 0.3) is 0 Å². The van der Waals surface area contributed by atoms with Gasteiger partial charge in [0.1, 0.15) is 6.33 Å². The second kappa shape index (κ2) is 4.92. The summed E-state index contributed by atoms with van der Waals surface area (Å²) in [6.07, 6.45) is -2.78. The summed E-state index contributed by atoms with van der Waals surface area (Å²) < 4.78 is 57.0. The summed E-state index contributed by atoms with van der Waals surface area (Å²) in [6, 6.07) is 0. The van der Waals surface area contributed by atoms with Crippen molar-refractivity contribution in [1.29, 1.82) is 0 Å². The van der Waals surface area contributed by atoms with Crippen LogP contribution < -0.4 is 4.90 Å². The van der Waals surface area contributed by atoms with Crippen LogP contribution in [0.5, 0.6) is 0 Å². The highest BCUT2D eigenvalue weighted by molar-refractivity contribution is 5.39. The van der Waals surface area contributed by atoms with Gasteiger partial charge in [0.2, 0.25) is 0 Å². The lowest BCUT2D eigenvalue weighted by molar-refractivity contribution is -0.276. The lowest BCUT2D eigenvalue weighted by Gasteiger charge is -2.42. The molecule has 0 saturated carbocycles. The number of ether oxygens (including phenoxy) is 1. The smallest absolute Gasteiger partial charge is 0.369 e. The van der Waals surface area contributed by atoms with E-state index in [-0.39, 0.29) is 31.7 Å². The first kappa shape index (κ1) is 14.0. The number of hydrogen-bond donors (Lipinski definition) is 0. The Kier molecular flexibility index (Phi) is 3.62. The molecular weight excluding hydrogens is 266 g/mol. The van der Waals surface area contributed by atoms with Gasteiger partial charge in [0, 0.05) is 33.0 Å². The van der Waals surface area contributed by atoms with Gasteiger partial charge in [-0.25, -0.2) is 14.4 Å². The van der Waals surface area contributed by atoms with Crippen molar-refractivity contribution in [1.82, 2.24) is 9.97 Å². The molecular formula is C11H13F4N3O. The van der Waals surface area contributed by atoms with Crippen LogP contribution in [-0.2, 0) is 4.74 Å². The summed E-state index contributed by atoms with van der Waals surface area (Å²) in [5, 5.41) is 0. The van der Waals surface area contributed by atoms with Crippen LogP contribution in [0.3, 0.4) is 0 Å². The first-order valence-electron chi connectivity index (χ1n) is 5.72. The molecule has 19 heavy (non-hydrogen) atoms. The van der Waals surface area contributed by atoms with Gasteiger partial charge in [0.15, 0.2) is 17.2 Å². The quantitative estimate of drug-likeness (QED) is 0.778. The van der Waals surface area contributed by atoms with Gasteiger partial charge in [-0.1, -0.05) is 0 Å². The molecule has 1 aromatic heterocycles. The molecule has 2 heterocycles. The van der Waals surface area contributed by atoms with E-state index in [1.165, 1.54) is 11.2 Å². The Hall–Kier alpha value is -1.44. The van der Waals surface area contributed by atoms with E-state index in [0.717, 1.165) is 13.3 Å². The summed E-state index contributed by atoms with van der Waals surface area (Å²) in [5.74, 6) is -0.610. The predicted molar refractivity (Wildman–Crippen MR) is 59.2 cm³/mol. The molecule has 1 saturated heterocycles. The molecule has 2 rings (SSSR count). The summed E-state index contributed by atoms with van der Waals surface area (Å²) in [6.45, 7) is 0.0581. The Morgan fingerprint density at radius 2 is 1.95 bits per heavy atom. The van der Waals surface area contributed by atoms with Crippen molar-refractivity contribution in [3.05, 3.63) is 18.3 Å². The van der Waals surface area contributed by atoms with Gasteiger partial charge in [-0.15, -0.1) is 0 Å². The Bertz CT molecular complexity index is 444. The number of alkyl halides is 3. The summed E-state index contributed by atoms with van der Waals surface area (Å²) >= 11 is 0. The first-order valence-corrected chi connectivity index (χ1v) is 5.72. The third-order valence-electron chi connectivity index (χ3n) is 3.43. The number of piperidine rings is 1. The van der Waals surface area contributed by atoms with Crippen LogP contribution in [0.2, 0.25) is 0 Å². The average molecular weight is 279 g/mol. The third-order valence-corrected chi connectivity index (χ3v) is 3.43. The molecule has 1 aliphatic heterocycles. The van der Waals surface area contributed by atoms with E-state index in [9.17, 15) is 17.6 Å². The predicted octanol–water partition coefficient (Wildman–Crippen LogP) is 2.16. The number of anilines is 1. The van der Waals surface area contributed by atoms with Crippen LogP contribution in [0, 0.1) is 5.82 Å². The molecule has 0 aliphatic carbocycles. The molecule has 0 amide bonds. The highest BCUT2D eigenvalue weighted by atomic mass is 19.4. The van der Waals surface area contributed by atoms with Gasteiger partial charge in [-0.05, 0) is 0 Å². The van der Waals surface area contributed by atoms with Gasteiger partial charge >= 0.3 is 6.18 Å². The molecule has 0 aromatic carbocycles. The number of methoxy groups -OCH3 is 1. The lowest BCUT2D eigenvalue weighted by Crippen LogP contribution is -2.54. The normalized spacial score (nSPS) is 19.5. The molecule has 1 aliphatic rings. The number of halogens is 4. The summed E-state index contributed by atoms with van der Waals surface area (Å²) in [7, 11) is 1.05. The topological polar surface area (TPSA) is 38.2 Å². The number of aromatic nitrogens is 2. The van der Waals surface area contributed by atoms with E-state index in [4.69, 9.17) is 0 Å². The minimum atomic E-state index is -4.43. The number of nitrogens with zero attached hydrogens (tertiary/aromatic N) is 3. The Morgan fingerprint density at radius 3 is 2.42 bits per heavy atom. The third kappa shape index (κ3) is 2.49. The van der Waals surface area contributed by atoms with E-state index in [1.807, 2.05) is 0 Å². The van der Waals surface area contributed by atoms with Crippen molar-refractivity contribution in [3.63, 3.8) is 0 Å². The minimum Gasteiger partial charge on any atom is -0.369 e. The summed E-state index contributed by atoms with van der Waals surface area (Å²) in [4.78, 5) is 8.73. The SMILES string of the molecule is COC1(C(F)(F)F)CCN(c2ncncc2F)CC1. The van der Waals surface area contributed by atoms with Crippen LogP contribution in [0.25, 0.3) is 0 Å². The maximum atomic E-state index is 13.5. The number of rotatable bonds is 2. The Labute approximate surface area is 107 Å². The molecule has 8 heteroatoms. The Morgan fingerprint density at radius 1 is 1.32 bits per heavy atom. The van der Waals surface area contributed by atoms with Crippen LogP contribution >= 0.6 is 0 Å². The molecule has 0 bridgehead atoms. The van der Waals surface area contributed by atoms with Crippen molar-refractivity contribution in [2.45, 2.75) is 24.6 Å². The zero-order valence-electron chi connectivity index (χ0n) is 10.2. The molecule has 4 nitrogen and oxygen atoms in total. The van der Waals surface area contributed by atoms with Gasteiger partial charge in [-0.3, -0.25) is 0 Å². The van der Waals surface area contributed by atoms with Crippen molar-refractivity contribution in [2.75, 3.05) is 25.1 Å². The molecule has 0 unspecified atom stereocenters. The van der Waals surface area contributed by atoms with Crippen LogP contribution in [0.15, 0.2) is 12.5 Å². The van der Waals surface area contributed by atoms with Crippen LogP contribution in [0.1, 0.15) is 12.8 Å². The lowest BCUT2D eigenvalue weighted by atomic mass is 9.90. The molecule has 1 aromatic rings. The van der Waals surface area contributed by atoms with E-state index in [2.05, 4.69) is 14.7 Å². The first-order chi connectivity index (χ1) is 8.89. The fourth-order valence-electron chi connectivity index (χ4n) is 2.22. The zero-order valence-corrected chi connectivity index (χ0v) is 10.2. The van der Waals surface area contributed by atoms with Gasteiger partial charge in [0.05, 0.1) is 6.20 Å². The monoisotopic (exact) mass is 279 g/mol. The van der Waals surface area contributed by atoms with Crippen molar-refractivity contribution >= 4 is 5.82 Å². The van der Waals surface area contributed by atoms with Gasteiger partial charge < -0.3 is 9.64 Å². The second-order valence-corrected chi connectivity index (χ2v) is 4.38. The van der Waals surface area contributed by atoms with E-state index < -0.39 is 17.6 Å². The maximum absolute atomic E-state index is 13.5. The van der Waals surface area contributed by atoms with Crippen molar-refractivity contribution < 1.29 is 22.3 Å². The van der Waals surface area contributed by atoms with E-state index >= 15 is 0 Å². The minimum absolute atomic E-state index is 0.0291. The van der Waals surface area contributed by atoms with Gasteiger partial charge in [-0.2, -0.15) is 13.2 Å². The van der Waals surface area contributed by atoms with Crippen LogP contribution in [-0.4, -0.2) is 41.9 Å². The fraction of sp³-hybridized carbons (Fsp3) is 0.636. The molecule has 0 atom stereocenters. The molecule has 106 valence electrons. The number of hydrogen-bond acceptors (Lipinski definition) is 4. The fourth-order valence-corrected chi connectivity index (χ4v) is 2.22. The highest BCUT2D eigenvalue weighted by Crippen LogP contribution is 2.41. The molecule has 0 spiro atoms. The van der Waals surface area contributed by atoms with E-state index in [0.29, 0.717) is 0 Å². The zero-order chi connectivity index (χ0) is 14.1. The highest BCUT2D eigenvalue weighted by Gasteiger charge is 2.56. The standard InChI is InChI=1S/C11H13F4N3O/c1-19-10(11(13,14)15)2-4-18(5-3-10)9-8(12)6-16-7-17-9/h6-7H,2-5H2,1H3. The molecule has 0 N–H and O–H groups in total. The molecule has 1 fully saturated rings. The van der Waals surface area contributed by atoms with Crippen LogP contribution in [0.4, 0.5) is 23.4 Å². The largest absolute Gasteiger partial charge is 0.417 e. The van der Waals surface area contributed by atoms with E-state index in [1.54, 1.807) is 0 Å². The second-order valence-electron chi connectivity index (χ2n) is 4.38. The van der Waals surface area contributed by atoms with Crippen molar-refractivity contribution in [2.24, 2.45) is 0 Å². The summed E-state index contributed by atoms with van der Waals surface area (Å²) in [5.41, 5.74) is -2.15. The molecule has 0 radical (unpaired) electrons. The van der Waals surface area contributed by atoms with Crippen molar-refractivity contribution in [3.8, 4) is 0 Å². The Balaban J connectivity index is 2.13.